The first-order valence-corrected chi connectivity index (χ1v) is 12.4. The highest BCUT2D eigenvalue weighted by Crippen LogP contribution is 2.30. The summed E-state index contributed by atoms with van der Waals surface area (Å²) in [5, 5.41) is 5.45. The maximum atomic E-state index is 13.3. The molecular weight excluding hydrogens is 517 g/mol. The Labute approximate surface area is 226 Å². The molecule has 40 heavy (non-hydrogen) atoms. The lowest BCUT2D eigenvalue weighted by molar-refractivity contribution is -0.117. The number of imidazole rings is 1. The van der Waals surface area contributed by atoms with Crippen LogP contribution in [-0.2, 0) is 4.79 Å². The number of halogens is 1. The van der Waals surface area contributed by atoms with Gasteiger partial charge in [0.1, 0.15) is 28.6 Å². The molecule has 4 aromatic heterocycles. The lowest BCUT2D eigenvalue weighted by atomic mass is 10.2. The van der Waals surface area contributed by atoms with E-state index in [0.717, 1.165) is 17.4 Å². The van der Waals surface area contributed by atoms with Crippen molar-refractivity contribution in [1.29, 1.82) is 0 Å². The van der Waals surface area contributed by atoms with Gasteiger partial charge in [0.15, 0.2) is 5.82 Å². The van der Waals surface area contributed by atoms with Crippen molar-refractivity contribution >= 4 is 34.8 Å². The van der Waals surface area contributed by atoms with Crippen LogP contribution in [0, 0.1) is 11.7 Å². The van der Waals surface area contributed by atoms with Crippen molar-refractivity contribution in [1.82, 2.24) is 18.9 Å². The summed E-state index contributed by atoms with van der Waals surface area (Å²) >= 11 is 0. The van der Waals surface area contributed by atoms with E-state index in [1.54, 1.807) is 41.1 Å². The van der Waals surface area contributed by atoms with Crippen LogP contribution in [0.2, 0.25) is 0 Å². The number of carbonyl (C=O) groups excluding carboxylic acids is 2. The van der Waals surface area contributed by atoms with Crippen molar-refractivity contribution in [2.75, 3.05) is 16.4 Å². The number of amides is 2. The second-order valence-corrected chi connectivity index (χ2v) is 9.25. The first-order valence-electron chi connectivity index (χ1n) is 12.4. The Morgan fingerprint density at radius 2 is 1.77 bits per heavy atom. The molecule has 1 aliphatic carbocycles. The molecule has 1 fully saturated rings. The summed E-state index contributed by atoms with van der Waals surface area (Å²) in [4.78, 5) is 46.5. The maximum Gasteiger partial charge on any atom is 0.269 e. The Hall–Kier alpha value is -5.52. The van der Waals surface area contributed by atoms with Gasteiger partial charge in [-0.1, -0.05) is 0 Å². The molecule has 0 unspecified atom stereocenters. The third-order valence-electron chi connectivity index (χ3n) is 6.28. The highest BCUT2D eigenvalue weighted by atomic mass is 19.1. The highest BCUT2D eigenvalue weighted by Gasteiger charge is 2.30. The average molecular weight is 540 g/mol. The van der Waals surface area contributed by atoms with Crippen molar-refractivity contribution in [3.63, 3.8) is 0 Å². The van der Waals surface area contributed by atoms with Gasteiger partial charge in [-0.25, -0.2) is 14.4 Å². The minimum atomic E-state index is -0.661. The molecule has 11 nitrogen and oxygen atoms in total. The van der Waals surface area contributed by atoms with Crippen molar-refractivity contribution in [2.45, 2.75) is 12.8 Å². The highest BCUT2D eigenvalue weighted by molar-refractivity contribution is 6.04. The molecular formula is C28H22FN7O4. The molecule has 0 aliphatic heterocycles. The number of nitrogens with zero attached hydrogens (tertiary/aromatic N) is 4. The van der Waals surface area contributed by atoms with E-state index in [1.165, 1.54) is 42.6 Å². The molecule has 2 amide bonds. The summed E-state index contributed by atoms with van der Waals surface area (Å²) in [6.45, 7) is 0. The number of aromatic nitrogens is 4. The number of hydrogen-bond acceptors (Lipinski definition) is 7. The van der Waals surface area contributed by atoms with Gasteiger partial charge in [-0.3, -0.25) is 19.0 Å². The normalized spacial score (nSPS) is 12.7. The van der Waals surface area contributed by atoms with Crippen LogP contribution in [0.4, 0.5) is 21.7 Å². The minimum absolute atomic E-state index is 0.0220. The molecule has 6 rings (SSSR count). The third kappa shape index (κ3) is 5.10. The average Bonchev–Trinajstić information content (AvgIpc) is 3.71. The lowest BCUT2D eigenvalue weighted by Gasteiger charge is -2.12. The van der Waals surface area contributed by atoms with Gasteiger partial charge in [0.05, 0.1) is 30.0 Å². The van der Waals surface area contributed by atoms with E-state index in [-0.39, 0.29) is 29.1 Å². The van der Waals surface area contributed by atoms with Crippen LogP contribution in [0.1, 0.15) is 23.2 Å². The molecule has 200 valence electrons. The fourth-order valence-electron chi connectivity index (χ4n) is 4.08. The van der Waals surface area contributed by atoms with E-state index in [0.29, 0.717) is 28.6 Å². The zero-order valence-corrected chi connectivity index (χ0v) is 20.9. The Kier molecular flexibility index (Phi) is 6.19. The molecule has 1 saturated carbocycles. The number of nitrogens with one attached hydrogen (secondary N) is 2. The number of pyridine rings is 3. The number of ether oxygens (including phenoxy) is 1. The summed E-state index contributed by atoms with van der Waals surface area (Å²) in [5.41, 5.74) is 6.45. The lowest BCUT2D eigenvalue weighted by Crippen LogP contribution is -2.29. The molecule has 1 aromatic carbocycles. The first-order chi connectivity index (χ1) is 19.3. The van der Waals surface area contributed by atoms with Gasteiger partial charge >= 0.3 is 0 Å². The Morgan fingerprint density at radius 1 is 0.975 bits per heavy atom. The number of nitrogen functional groups attached to an aromatic ring is 1. The molecule has 5 aromatic rings. The molecule has 12 heteroatoms. The quantitative estimate of drug-likeness (QED) is 0.283. The topological polar surface area (TPSA) is 146 Å². The SMILES string of the molecule is Nc1ccc(C(=O)Nc2ccc(Oc3ccc4nc(NC(=O)C5CC5)cn4c3)nc2)c(=O)n1-c1ccc(F)cc1. The smallest absolute Gasteiger partial charge is 0.269 e. The monoisotopic (exact) mass is 539 g/mol. The summed E-state index contributed by atoms with van der Waals surface area (Å²) in [6, 6.07) is 14.6. The van der Waals surface area contributed by atoms with Crippen molar-refractivity contribution in [2.24, 2.45) is 5.92 Å². The molecule has 4 heterocycles. The number of anilines is 3. The van der Waals surface area contributed by atoms with Crippen LogP contribution in [0.15, 0.2) is 84.0 Å². The van der Waals surface area contributed by atoms with Gasteiger partial charge in [0, 0.05) is 12.0 Å². The van der Waals surface area contributed by atoms with Gasteiger partial charge in [-0.2, -0.15) is 0 Å². The fraction of sp³-hybridized carbons (Fsp3) is 0.107. The Morgan fingerprint density at radius 3 is 2.50 bits per heavy atom. The molecule has 0 radical (unpaired) electrons. The molecule has 0 atom stereocenters. The van der Waals surface area contributed by atoms with Gasteiger partial charge in [-0.15, -0.1) is 0 Å². The number of nitrogens with two attached hydrogens (primary N) is 1. The zero-order chi connectivity index (χ0) is 27.8. The van der Waals surface area contributed by atoms with Crippen LogP contribution in [0.5, 0.6) is 11.6 Å². The van der Waals surface area contributed by atoms with E-state index >= 15 is 0 Å². The van der Waals surface area contributed by atoms with E-state index < -0.39 is 17.3 Å². The molecule has 0 saturated heterocycles. The summed E-state index contributed by atoms with van der Waals surface area (Å²) in [7, 11) is 0. The number of benzene rings is 1. The van der Waals surface area contributed by atoms with Crippen molar-refractivity contribution in [3.05, 3.63) is 101 Å². The van der Waals surface area contributed by atoms with Gasteiger partial charge in [0.25, 0.3) is 11.5 Å². The van der Waals surface area contributed by atoms with Crippen molar-refractivity contribution < 1.29 is 18.7 Å². The van der Waals surface area contributed by atoms with Crippen molar-refractivity contribution in [3.8, 4) is 17.3 Å². The second kappa shape index (κ2) is 9.98. The largest absolute Gasteiger partial charge is 0.437 e. The Balaban J connectivity index is 1.14. The molecule has 1 aliphatic rings. The molecule has 0 bridgehead atoms. The van der Waals surface area contributed by atoms with Crippen LogP contribution in [0.3, 0.4) is 0 Å². The number of carbonyl (C=O) groups is 2. The predicted molar refractivity (Wildman–Crippen MR) is 145 cm³/mol. The standard InChI is InChI=1S/C28H22FN7O4/c29-17-3-6-19(7-4-17)36-22(30)10-9-21(28(36)39)27(38)32-18-5-12-25(31-13-18)40-20-8-11-24-33-23(15-35(24)14-20)34-26(37)16-1-2-16/h3-16H,1-2,30H2,(H,32,38)(H,34,37). The Bertz CT molecular complexity index is 1810. The van der Waals surface area contributed by atoms with Gasteiger partial charge in [0.2, 0.25) is 11.8 Å². The maximum absolute atomic E-state index is 13.3. The molecule has 0 spiro atoms. The first kappa shape index (κ1) is 24.8. The van der Waals surface area contributed by atoms with Crippen LogP contribution < -0.4 is 26.7 Å². The van der Waals surface area contributed by atoms with Crippen LogP contribution >= 0.6 is 0 Å². The summed E-state index contributed by atoms with van der Waals surface area (Å²) < 4.78 is 22.0. The number of rotatable bonds is 7. The summed E-state index contributed by atoms with van der Waals surface area (Å²) in [6.07, 6.45) is 6.62. The third-order valence-corrected chi connectivity index (χ3v) is 6.28. The predicted octanol–water partition coefficient (Wildman–Crippen LogP) is 3.99. The fourth-order valence-corrected chi connectivity index (χ4v) is 4.08. The van der Waals surface area contributed by atoms with Crippen LogP contribution in [0.25, 0.3) is 11.3 Å². The van der Waals surface area contributed by atoms with E-state index in [9.17, 15) is 18.8 Å². The van der Waals surface area contributed by atoms with Gasteiger partial charge < -0.3 is 25.5 Å². The molecule has 4 N–H and O–H groups in total. The summed E-state index contributed by atoms with van der Waals surface area (Å²) in [5.74, 6) is 0.257. The van der Waals surface area contributed by atoms with E-state index in [1.807, 2.05) is 0 Å². The minimum Gasteiger partial charge on any atom is -0.437 e. The van der Waals surface area contributed by atoms with E-state index in [2.05, 4.69) is 20.6 Å². The number of fused-ring (bicyclic) bond motifs is 1. The second-order valence-electron chi connectivity index (χ2n) is 9.25. The van der Waals surface area contributed by atoms with Gasteiger partial charge in [-0.05, 0) is 67.4 Å². The number of hydrogen-bond donors (Lipinski definition) is 3. The van der Waals surface area contributed by atoms with E-state index in [4.69, 9.17) is 10.5 Å². The zero-order valence-electron chi connectivity index (χ0n) is 20.9. The van der Waals surface area contributed by atoms with Crippen LogP contribution in [-0.4, -0.2) is 30.8 Å².